The Morgan fingerprint density at radius 2 is 1.40 bits per heavy atom. The molecule has 1 aliphatic heterocycles. The number of carbonyl (C=O) groups is 1. The van der Waals surface area contributed by atoms with Crippen LogP contribution in [0, 0.1) is 0 Å². The van der Waals surface area contributed by atoms with Crippen LogP contribution in [0.5, 0.6) is 17.2 Å². The molecule has 0 unspecified atom stereocenters. The van der Waals surface area contributed by atoms with E-state index >= 15 is 0 Å². The molecule has 3 aromatic rings. The number of para-hydroxylation sites is 3. The molecular weight excluding hydrogens is 395 g/mol. The van der Waals surface area contributed by atoms with Gasteiger partial charge in [0.2, 0.25) is 0 Å². The second-order valence-corrected chi connectivity index (χ2v) is 12.3. The normalized spacial score (nSPS) is 12.6. The zero-order chi connectivity index (χ0) is 17.1. The first kappa shape index (κ1) is 16.3. The molecule has 0 atom stereocenters. The Balaban J connectivity index is 1.54. The van der Waals surface area contributed by atoms with Crippen molar-refractivity contribution in [2.24, 2.45) is 0 Å². The van der Waals surface area contributed by atoms with Gasteiger partial charge in [0.25, 0.3) is 0 Å². The van der Waals surface area contributed by atoms with Crippen LogP contribution in [0.4, 0.5) is 0 Å². The number of fused-ring (bicyclic) bond motifs is 2. The summed E-state index contributed by atoms with van der Waals surface area (Å²) in [6.45, 7) is 0.0745. The van der Waals surface area contributed by atoms with Crippen molar-refractivity contribution < 1.29 is 14.3 Å². The number of carbonyl (C=O) groups excluding carboxylic acids is 1. The predicted octanol–water partition coefficient (Wildman–Crippen LogP) is 3.24. The molecule has 3 aromatic carbocycles. The van der Waals surface area contributed by atoms with Gasteiger partial charge >= 0.3 is 154 Å². The summed E-state index contributed by atoms with van der Waals surface area (Å²) >= 11 is -1.83. The van der Waals surface area contributed by atoms with Gasteiger partial charge in [-0.1, -0.05) is 0 Å². The fourth-order valence-corrected chi connectivity index (χ4v) is 10.3. The van der Waals surface area contributed by atoms with Crippen molar-refractivity contribution in [3.63, 3.8) is 0 Å². The summed E-state index contributed by atoms with van der Waals surface area (Å²) in [6, 6.07) is 25.4. The molecule has 5 heteroatoms. The molecule has 3 nitrogen and oxygen atoms in total. The van der Waals surface area contributed by atoms with E-state index in [1.54, 1.807) is 0 Å². The van der Waals surface area contributed by atoms with Crippen molar-refractivity contribution in [1.82, 2.24) is 0 Å². The van der Waals surface area contributed by atoms with Gasteiger partial charge in [-0.05, 0) is 0 Å². The van der Waals surface area contributed by atoms with Crippen LogP contribution in [-0.2, 0) is 4.79 Å². The molecule has 4 rings (SSSR count). The van der Waals surface area contributed by atoms with Crippen molar-refractivity contribution in [2.75, 3.05) is 6.61 Å². The molecule has 0 saturated heterocycles. The molecule has 0 fully saturated rings. The van der Waals surface area contributed by atoms with Crippen molar-refractivity contribution in [3.05, 3.63) is 78.9 Å². The minimum atomic E-state index is -1.83. The van der Waals surface area contributed by atoms with Crippen LogP contribution in [0.3, 0.4) is 0 Å². The van der Waals surface area contributed by atoms with Crippen molar-refractivity contribution in [3.8, 4) is 17.2 Å². The summed E-state index contributed by atoms with van der Waals surface area (Å²) in [5.41, 5.74) is 0. The van der Waals surface area contributed by atoms with Gasteiger partial charge in [-0.15, -0.1) is 0 Å². The molecule has 0 N–H and O–H groups in total. The van der Waals surface area contributed by atoms with E-state index in [1.807, 2.05) is 66.7 Å². The molecule has 0 amide bonds. The number of ether oxygens (including phenoxy) is 2. The third kappa shape index (κ3) is 3.60. The monoisotopic (exact) mass is 410 g/mol. The summed E-state index contributed by atoms with van der Waals surface area (Å²) < 4.78 is 13.9. The standard InChI is InChI=1S/C20H15AsO3S/c22-20(14-23-15-8-2-1-3-9-15)25-21-16-10-4-6-12-18(16)24-19-13-7-5-11-17(19)21/h1-13H,14H2. The summed E-state index contributed by atoms with van der Waals surface area (Å²) in [7, 11) is 1.43. The summed E-state index contributed by atoms with van der Waals surface area (Å²) in [6.07, 6.45) is 0. The van der Waals surface area contributed by atoms with Crippen LogP contribution in [0.25, 0.3) is 0 Å². The third-order valence-electron chi connectivity index (χ3n) is 3.68. The van der Waals surface area contributed by atoms with Gasteiger partial charge in [0.1, 0.15) is 0 Å². The van der Waals surface area contributed by atoms with Gasteiger partial charge in [0.15, 0.2) is 0 Å². The van der Waals surface area contributed by atoms with Crippen LogP contribution >= 0.6 is 10.0 Å². The van der Waals surface area contributed by atoms with Crippen LogP contribution < -0.4 is 18.2 Å². The quantitative estimate of drug-likeness (QED) is 0.619. The molecule has 0 aromatic heterocycles. The Hall–Kier alpha value is -2.16. The Kier molecular flexibility index (Phi) is 4.82. The first-order chi connectivity index (χ1) is 12.3. The van der Waals surface area contributed by atoms with E-state index in [-0.39, 0.29) is 11.7 Å². The molecule has 0 bridgehead atoms. The van der Waals surface area contributed by atoms with Crippen LogP contribution in [0.15, 0.2) is 78.9 Å². The Morgan fingerprint density at radius 3 is 2.04 bits per heavy atom. The Labute approximate surface area is 154 Å². The summed E-state index contributed by atoms with van der Waals surface area (Å²) in [5, 5.41) is 0.0513. The number of hydrogen-bond donors (Lipinski definition) is 0. The fourth-order valence-electron chi connectivity index (χ4n) is 2.56. The van der Waals surface area contributed by atoms with E-state index in [2.05, 4.69) is 12.1 Å². The maximum absolute atomic E-state index is 12.5. The topological polar surface area (TPSA) is 35.5 Å². The average molecular weight is 410 g/mol. The van der Waals surface area contributed by atoms with E-state index in [0.717, 1.165) is 20.2 Å². The first-order valence-electron chi connectivity index (χ1n) is 7.86. The Bertz CT molecular complexity index is 853. The van der Waals surface area contributed by atoms with Crippen LogP contribution in [0.1, 0.15) is 0 Å². The second kappa shape index (κ2) is 7.38. The molecule has 0 saturated carbocycles. The summed E-state index contributed by atoms with van der Waals surface area (Å²) in [5.74, 6) is 2.45. The molecule has 0 aliphatic carbocycles. The van der Waals surface area contributed by atoms with Gasteiger partial charge in [-0.3, -0.25) is 0 Å². The van der Waals surface area contributed by atoms with E-state index in [0.29, 0.717) is 5.75 Å². The van der Waals surface area contributed by atoms with Crippen molar-refractivity contribution in [2.45, 2.75) is 0 Å². The minimum absolute atomic E-state index is 0.0513. The van der Waals surface area contributed by atoms with E-state index in [1.165, 1.54) is 10.0 Å². The van der Waals surface area contributed by atoms with Gasteiger partial charge < -0.3 is 0 Å². The number of rotatable bonds is 4. The molecule has 1 heterocycles. The van der Waals surface area contributed by atoms with E-state index < -0.39 is 13.5 Å². The van der Waals surface area contributed by atoms with Crippen molar-refractivity contribution in [1.29, 1.82) is 0 Å². The molecule has 1 aliphatic rings. The molecule has 0 spiro atoms. The third-order valence-corrected chi connectivity index (χ3v) is 12.0. The second-order valence-electron chi connectivity index (χ2n) is 5.40. The number of benzene rings is 3. The number of hydrogen-bond acceptors (Lipinski definition) is 4. The van der Waals surface area contributed by atoms with Crippen LogP contribution in [-0.4, -0.2) is 25.2 Å². The maximum atomic E-state index is 12.5. The molecular formula is C20H15AsO3S. The zero-order valence-corrected chi connectivity index (χ0v) is 16.0. The van der Waals surface area contributed by atoms with E-state index in [4.69, 9.17) is 9.47 Å². The van der Waals surface area contributed by atoms with Crippen molar-refractivity contribution >= 4 is 37.3 Å². The van der Waals surface area contributed by atoms with Gasteiger partial charge in [0.05, 0.1) is 0 Å². The van der Waals surface area contributed by atoms with E-state index in [9.17, 15) is 4.79 Å². The first-order valence-corrected chi connectivity index (χ1v) is 12.8. The summed E-state index contributed by atoms with van der Waals surface area (Å²) in [4.78, 5) is 12.5. The van der Waals surface area contributed by atoms with Gasteiger partial charge in [-0.2, -0.15) is 0 Å². The van der Waals surface area contributed by atoms with Gasteiger partial charge in [0, 0.05) is 0 Å². The van der Waals surface area contributed by atoms with Crippen LogP contribution in [0.2, 0.25) is 0 Å². The van der Waals surface area contributed by atoms with Gasteiger partial charge in [-0.25, -0.2) is 0 Å². The molecule has 25 heavy (non-hydrogen) atoms. The Morgan fingerprint density at radius 1 is 0.840 bits per heavy atom. The SMILES string of the molecule is O=C(COc1ccccc1)S[As]1c2ccccc2Oc2ccccc21. The fraction of sp³-hybridized carbons (Fsp3) is 0.0500. The zero-order valence-electron chi connectivity index (χ0n) is 13.3. The molecule has 0 radical (unpaired) electrons. The molecule has 124 valence electrons. The predicted molar refractivity (Wildman–Crippen MR) is 103 cm³/mol. The average Bonchev–Trinajstić information content (AvgIpc) is 2.67.